The second-order valence-electron chi connectivity index (χ2n) is 3.94. The second kappa shape index (κ2) is 5.87. The van der Waals surface area contributed by atoms with Gasteiger partial charge in [-0.1, -0.05) is 23.2 Å². The Labute approximate surface area is 125 Å². The van der Waals surface area contributed by atoms with E-state index in [0.717, 1.165) is 0 Å². The van der Waals surface area contributed by atoms with Crippen LogP contribution in [-0.4, -0.2) is 14.3 Å². The number of hydrogen-bond acceptors (Lipinski definition) is 4. The summed E-state index contributed by atoms with van der Waals surface area (Å²) >= 11 is 11.5. The lowest BCUT2D eigenvalue weighted by atomic mass is 10.2. The van der Waals surface area contributed by atoms with Crippen molar-refractivity contribution < 1.29 is 17.6 Å². The first-order valence-electron chi connectivity index (χ1n) is 5.39. The smallest absolute Gasteiger partial charge is 0.264 e. The molecule has 0 atom stereocenters. The Morgan fingerprint density at radius 2 is 1.85 bits per heavy atom. The minimum absolute atomic E-state index is 0.107. The van der Waals surface area contributed by atoms with Crippen molar-refractivity contribution >= 4 is 39.1 Å². The summed E-state index contributed by atoms with van der Waals surface area (Å²) in [6, 6.07) is 5.39. The van der Waals surface area contributed by atoms with Gasteiger partial charge in [-0.15, -0.1) is 0 Å². The maximum absolute atomic E-state index is 12.0. The highest BCUT2D eigenvalue weighted by Gasteiger charge is 2.19. The molecule has 0 spiro atoms. The van der Waals surface area contributed by atoms with Crippen LogP contribution in [0.5, 0.6) is 0 Å². The van der Waals surface area contributed by atoms with Crippen LogP contribution in [0, 0.1) is 0 Å². The topological polar surface area (TPSA) is 76.4 Å². The number of furan rings is 1. The number of nitrogens with one attached hydrogen (secondary N) is 1. The number of benzene rings is 1. The summed E-state index contributed by atoms with van der Waals surface area (Å²) in [6.45, 7) is 0. The van der Waals surface area contributed by atoms with E-state index in [4.69, 9.17) is 27.6 Å². The molecule has 2 aromatic rings. The van der Waals surface area contributed by atoms with E-state index in [2.05, 4.69) is 0 Å². The van der Waals surface area contributed by atoms with E-state index in [1.807, 2.05) is 4.72 Å². The summed E-state index contributed by atoms with van der Waals surface area (Å²) in [7, 11) is -4.01. The Morgan fingerprint density at radius 1 is 1.20 bits per heavy atom. The van der Waals surface area contributed by atoms with Gasteiger partial charge in [0.25, 0.3) is 10.0 Å². The molecule has 0 fully saturated rings. The van der Waals surface area contributed by atoms with Crippen molar-refractivity contribution in [2.45, 2.75) is 11.3 Å². The van der Waals surface area contributed by atoms with E-state index in [-0.39, 0.29) is 21.4 Å². The number of rotatable bonds is 4. The Hall–Kier alpha value is -1.50. The molecule has 1 N–H and O–H groups in total. The van der Waals surface area contributed by atoms with Gasteiger partial charge in [-0.3, -0.25) is 4.79 Å². The first-order valence-corrected chi connectivity index (χ1v) is 7.63. The van der Waals surface area contributed by atoms with Crippen LogP contribution in [0.2, 0.25) is 10.0 Å². The van der Waals surface area contributed by atoms with Crippen LogP contribution < -0.4 is 4.72 Å². The minimum Gasteiger partial charge on any atom is -0.472 e. The van der Waals surface area contributed by atoms with E-state index in [1.54, 1.807) is 6.07 Å². The van der Waals surface area contributed by atoms with Crippen molar-refractivity contribution in [3.63, 3.8) is 0 Å². The molecular weight excluding hydrogens is 325 g/mol. The highest BCUT2D eigenvalue weighted by Crippen LogP contribution is 2.22. The molecule has 106 valence electrons. The van der Waals surface area contributed by atoms with Gasteiger partial charge in [-0.2, -0.15) is 0 Å². The standard InChI is InChI=1S/C12H9Cl2NO4S/c13-9-4-10(14)6-11(5-9)20(17,18)15-12(16)3-8-1-2-19-7-8/h1-2,4-7H,3H2,(H,15,16). The molecule has 0 radical (unpaired) electrons. The molecule has 8 heteroatoms. The maximum Gasteiger partial charge on any atom is 0.264 e. The Balaban J connectivity index is 2.16. The third-order valence-electron chi connectivity index (χ3n) is 2.34. The lowest BCUT2D eigenvalue weighted by molar-refractivity contribution is -0.118. The molecule has 0 unspecified atom stereocenters. The fraction of sp³-hybridized carbons (Fsp3) is 0.0833. The number of amides is 1. The Morgan fingerprint density at radius 3 is 2.40 bits per heavy atom. The van der Waals surface area contributed by atoms with E-state index in [9.17, 15) is 13.2 Å². The summed E-state index contributed by atoms with van der Waals surface area (Å²) in [5.74, 6) is -0.678. The molecule has 0 aliphatic rings. The third-order valence-corrected chi connectivity index (χ3v) is 4.13. The van der Waals surface area contributed by atoms with Gasteiger partial charge in [0, 0.05) is 10.0 Å². The molecule has 20 heavy (non-hydrogen) atoms. The van der Waals surface area contributed by atoms with Crippen molar-refractivity contribution in [3.8, 4) is 0 Å². The number of carbonyl (C=O) groups is 1. The van der Waals surface area contributed by atoms with E-state index in [1.165, 1.54) is 30.7 Å². The van der Waals surface area contributed by atoms with Crippen LogP contribution in [-0.2, 0) is 21.2 Å². The molecule has 0 saturated heterocycles. The van der Waals surface area contributed by atoms with Crippen molar-refractivity contribution in [2.75, 3.05) is 0 Å². The van der Waals surface area contributed by atoms with E-state index < -0.39 is 15.9 Å². The molecule has 2 rings (SSSR count). The van der Waals surface area contributed by atoms with Crippen LogP contribution in [0.3, 0.4) is 0 Å². The van der Waals surface area contributed by atoms with Crippen LogP contribution in [0.1, 0.15) is 5.56 Å². The zero-order valence-corrected chi connectivity index (χ0v) is 12.3. The Bertz CT molecular complexity index is 706. The number of sulfonamides is 1. The average molecular weight is 334 g/mol. The normalized spacial score (nSPS) is 11.3. The summed E-state index contributed by atoms with van der Waals surface area (Å²) in [6.07, 6.45) is 2.65. The lowest BCUT2D eigenvalue weighted by Crippen LogP contribution is -2.31. The molecule has 1 heterocycles. The third kappa shape index (κ3) is 3.75. The van der Waals surface area contributed by atoms with Crippen molar-refractivity contribution in [3.05, 3.63) is 52.4 Å². The van der Waals surface area contributed by atoms with Crippen molar-refractivity contribution in [1.29, 1.82) is 0 Å². The van der Waals surface area contributed by atoms with Crippen molar-refractivity contribution in [2.24, 2.45) is 0 Å². The van der Waals surface area contributed by atoms with Crippen LogP contribution in [0.4, 0.5) is 0 Å². The average Bonchev–Trinajstić information content (AvgIpc) is 2.79. The van der Waals surface area contributed by atoms with Crippen molar-refractivity contribution in [1.82, 2.24) is 4.72 Å². The molecular formula is C12H9Cl2NO4S. The molecule has 0 saturated carbocycles. The number of hydrogen-bond donors (Lipinski definition) is 1. The van der Waals surface area contributed by atoms with Gasteiger partial charge in [0.15, 0.2) is 0 Å². The van der Waals surface area contributed by atoms with E-state index in [0.29, 0.717) is 5.56 Å². The highest BCUT2D eigenvalue weighted by atomic mass is 35.5. The SMILES string of the molecule is O=C(Cc1ccoc1)NS(=O)(=O)c1cc(Cl)cc(Cl)c1. The molecule has 0 bridgehead atoms. The van der Waals surface area contributed by atoms with Gasteiger partial charge < -0.3 is 4.42 Å². The fourth-order valence-electron chi connectivity index (χ4n) is 1.51. The largest absolute Gasteiger partial charge is 0.472 e. The first-order chi connectivity index (χ1) is 9.37. The monoisotopic (exact) mass is 333 g/mol. The quantitative estimate of drug-likeness (QED) is 0.933. The fourth-order valence-corrected chi connectivity index (χ4v) is 3.22. The van der Waals surface area contributed by atoms with Gasteiger partial charge >= 0.3 is 0 Å². The summed E-state index contributed by atoms with van der Waals surface area (Å²) in [5.41, 5.74) is 0.571. The van der Waals surface area contributed by atoms with Crippen LogP contribution in [0.15, 0.2) is 46.1 Å². The number of halogens is 2. The molecule has 1 amide bonds. The zero-order valence-electron chi connectivity index (χ0n) is 9.97. The van der Waals surface area contributed by atoms with Gasteiger partial charge in [0.2, 0.25) is 5.91 Å². The summed E-state index contributed by atoms with van der Waals surface area (Å²) < 4.78 is 30.7. The summed E-state index contributed by atoms with van der Waals surface area (Å²) in [5, 5.41) is 0.334. The second-order valence-corrected chi connectivity index (χ2v) is 6.50. The lowest BCUT2D eigenvalue weighted by Gasteiger charge is -2.07. The van der Waals surface area contributed by atoms with E-state index >= 15 is 0 Å². The highest BCUT2D eigenvalue weighted by molar-refractivity contribution is 7.90. The maximum atomic E-state index is 12.0. The summed E-state index contributed by atoms with van der Waals surface area (Å²) in [4.78, 5) is 11.5. The first kappa shape index (κ1) is 14.9. The van der Waals surface area contributed by atoms with Gasteiger partial charge in [0.05, 0.1) is 23.8 Å². The van der Waals surface area contributed by atoms with Crippen LogP contribution >= 0.6 is 23.2 Å². The van der Waals surface area contributed by atoms with Gasteiger partial charge in [-0.05, 0) is 29.8 Å². The molecule has 0 aliphatic heterocycles. The predicted molar refractivity (Wildman–Crippen MR) is 74.2 cm³/mol. The minimum atomic E-state index is -4.01. The molecule has 1 aromatic heterocycles. The molecule has 0 aliphatic carbocycles. The molecule has 1 aromatic carbocycles. The molecule has 5 nitrogen and oxygen atoms in total. The van der Waals surface area contributed by atoms with Crippen LogP contribution in [0.25, 0.3) is 0 Å². The number of carbonyl (C=O) groups excluding carboxylic acids is 1. The zero-order chi connectivity index (χ0) is 14.8. The predicted octanol–water partition coefficient (Wildman–Crippen LogP) is 2.63. The Kier molecular flexibility index (Phi) is 4.37. The van der Waals surface area contributed by atoms with Gasteiger partial charge in [0.1, 0.15) is 0 Å². The van der Waals surface area contributed by atoms with Gasteiger partial charge in [-0.25, -0.2) is 13.1 Å².